The number of nitrogens with zero attached hydrogens (tertiary/aromatic N) is 1. The summed E-state index contributed by atoms with van der Waals surface area (Å²) in [6.07, 6.45) is 2.52. The zero-order chi connectivity index (χ0) is 11.5. The number of anilines is 2. The Hall–Kier alpha value is -1.18. The maximum Gasteiger partial charge on any atom is 0.0419 e. The van der Waals surface area contributed by atoms with Crippen LogP contribution in [0.4, 0.5) is 11.4 Å². The molecule has 2 heteroatoms. The first-order chi connectivity index (χ1) is 7.70. The second-order valence-electron chi connectivity index (χ2n) is 5.04. The van der Waals surface area contributed by atoms with E-state index >= 15 is 0 Å². The lowest BCUT2D eigenvalue weighted by Gasteiger charge is -2.33. The molecular formula is C14H22N2. The van der Waals surface area contributed by atoms with Crippen LogP contribution in [-0.2, 0) is 6.42 Å². The quantitative estimate of drug-likeness (QED) is 0.838. The molecular weight excluding hydrogens is 196 g/mol. The van der Waals surface area contributed by atoms with Crippen molar-refractivity contribution in [3.8, 4) is 0 Å². The molecule has 1 aromatic rings. The minimum Gasteiger partial charge on any atom is -0.388 e. The first-order valence-corrected chi connectivity index (χ1v) is 6.26. The van der Waals surface area contributed by atoms with Crippen LogP contribution in [0, 0.1) is 5.92 Å². The monoisotopic (exact) mass is 218 g/mol. The third kappa shape index (κ3) is 2.31. The number of fused-ring (bicyclic) bond motifs is 1. The lowest BCUT2D eigenvalue weighted by Crippen LogP contribution is -2.32. The predicted molar refractivity (Wildman–Crippen MR) is 71.4 cm³/mol. The van der Waals surface area contributed by atoms with Gasteiger partial charge in [-0.2, -0.15) is 0 Å². The molecule has 1 aromatic carbocycles. The van der Waals surface area contributed by atoms with Gasteiger partial charge in [0.2, 0.25) is 0 Å². The van der Waals surface area contributed by atoms with Crippen LogP contribution in [0.2, 0.25) is 0 Å². The standard InChI is InChI=1S/C14H22N2/c1-11(2)10-16-8-4-5-12-6-7-13(15-3)9-14(12)16/h6-7,9,11,15H,4-5,8,10H2,1-3H3. The summed E-state index contributed by atoms with van der Waals surface area (Å²) in [5, 5.41) is 3.22. The Balaban J connectivity index is 2.28. The Labute approximate surface area is 98.7 Å². The highest BCUT2D eigenvalue weighted by atomic mass is 15.1. The van der Waals surface area contributed by atoms with Gasteiger partial charge in [-0.3, -0.25) is 0 Å². The van der Waals surface area contributed by atoms with Crippen molar-refractivity contribution in [1.29, 1.82) is 0 Å². The fourth-order valence-electron chi connectivity index (χ4n) is 2.44. The van der Waals surface area contributed by atoms with E-state index in [4.69, 9.17) is 0 Å². The van der Waals surface area contributed by atoms with E-state index in [0.29, 0.717) is 0 Å². The summed E-state index contributed by atoms with van der Waals surface area (Å²) in [5.74, 6) is 0.726. The molecule has 0 atom stereocenters. The summed E-state index contributed by atoms with van der Waals surface area (Å²) in [4.78, 5) is 2.53. The van der Waals surface area contributed by atoms with E-state index in [9.17, 15) is 0 Å². The van der Waals surface area contributed by atoms with Crippen LogP contribution >= 0.6 is 0 Å². The average Bonchev–Trinajstić information content (AvgIpc) is 2.28. The van der Waals surface area contributed by atoms with E-state index in [1.165, 1.54) is 42.9 Å². The Kier molecular flexibility index (Phi) is 3.37. The first kappa shape index (κ1) is 11.3. The highest BCUT2D eigenvalue weighted by Gasteiger charge is 2.17. The van der Waals surface area contributed by atoms with Crippen LogP contribution in [-0.4, -0.2) is 20.1 Å². The summed E-state index contributed by atoms with van der Waals surface area (Å²) in [6.45, 7) is 6.95. The molecule has 88 valence electrons. The molecule has 16 heavy (non-hydrogen) atoms. The van der Waals surface area contributed by atoms with Crippen molar-refractivity contribution in [3.63, 3.8) is 0 Å². The molecule has 0 bridgehead atoms. The number of nitrogens with one attached hydrogen (secondary N) is 1. The number of rotatable bonds is 3. The number of hydrogen-bond donors (Lipinski definition) is 1. The molecule has 0 aliphatic carbocycles. The summed E-state index contributed by atoms with van der Waals surface area (Å²) >= 11 is 0. The molecule has 0 aromatic heterocycles. The Bertz CT molecular complexity index is 358. The molecule has 2 nitrogen and oxygen atoms in total. The summed E-state index contributed by atoms with van der Waals surface area (Å²) in [7, 11) is 1.98. The largest absolute Gasteiger partial charge is 0.388 e. The van der Waals surface area contributed by atoms with Gasteiger partial charge < -0.3 is 10.2 Å². The highest BCUT2D eigenvalue weighted by molar-refractivity contribution is 5.63. The van der Waals surface area contributed by atoms with Crippen LogP contribution in [0.15, 0.2) is 18.2 Å². The number of aryl methyl sites for hydroxylation is 1. The molecule has 0 amide bonds. The Morgan fingerprint density at radius 1 is 1.38 bits per heavy atom. The van der Waals surface area contributed by atoms with Gasteiger partial charge in [0.15, 0.2) is 0 Å². The van der Waals surface area contributed by atoms with Gasteiger partial charge in [-0.25, -0.2) is 0 Å². The number of benzene rings is 1. The predicted octanol–water partition coefficient (Wildman–Crippen LogP) is 3.14. The van der Waals surface area contributed by atoms with Crippen LogP contribution in [0.25, 0.3) is 0 Å². The van der Waals surface area contributed by atoms with Gasteiger partial charge in [0.25, 0.3) is 0 Å². The lowest BCUT2D eigenvalue weighted by molar-refractivity contribution is 0.585. The topological polar surface area (TPSA) is 15.3 Å². The van der Waals surface area contributed by atoms with Crippen molar-refractivity contribution in [2.24, 2.45) is 5.92 Å². The van der Waals surface area contributed by atoms with Crippen molar-refractivity contribution in [2.45, 2.75) is 26.7 Å². The van der Waals surface area contributed by atoms with Crippen molar-refractivity contribution in [2.75, 3.05) is 30.4 Å². The van der Waals surface area contributed by atoms with Gasteiger partial charge in [0, 0.05) is 31.5 Å². The highest BCUT2D eigenvalue weighted by Crippen LogP contribution is 2.30. The zero-order valence-electron chi connectivity index (χ0n) is 10.6. The van der Waals surface area contributed by atoms with Gasteiger partial charge >= 0.3 is 0 Å². The molecule has 1 N–H and O–H groups in total. The molecule has 1 aliphatic heterocycles. The van der Waals surface area contributed by atoms with E-state index in [1.807, 2.05) is 7.05 Å². The average molecular weight is 218 g/mol. The van der Waals surface area contributed by atoms with Gasteiger partial charge in [0.1, 0.15) is 0 Å². The van der Waals surface area contributed by atoms with Gasteiger partial charge in [-0.15, -0.1) is 0 Å². The molecule has 0 unspecified atom stereocenters. The lowest BCUT2D eigenvalue weighted by atomic mass is 10.00. The second-order valence-corrected chi connectivity index (χ2v) is 5.04. The fourth-order valence-corrected chi connectivity index (χ4v) is 2.44. The van der Waals surface area contributed by atoms with Gasteiger partial charge in [-0.1, -0.05) is 19.9 Å². The summed E-state index contributed by atoms with van der Waals surface area (Å²) in [5.41, 5.74) is 4.16. The van der Waals surface area contributed by atoms with Crippen LogP contribution in [0.3, 0.4) is 0 Å². The summed E-state index contributed by atoms with van der Waals surface area (Å²) in [6, 6.07) is 6.74. The normalized spacial score (nSPS) is 15.1. The van der Waals surface area contributed by atoms with Crippen molar-refractivity contribution in [3.05, 3.63) is 23.8 Å². The maximum atomic E-state index is 3.22. The second kappa shape index (κ2) is 4.77. The zero-order valence-corrected chi connectivity index (χ0v) is 10.6. The Morgan fingerprint density at radius 3 is 2.88 bits per heavy atom. The molecule has 0 saturated carbocycles. The third-order valence-corrected chi connectivity index (χ3v) is 3.17. The van der Waals surface area contributed by atoms with Crippen molar-refractivity contribution >= 4 is 11.4 Å². The third-order valence-electron chi connectivity index (χ3n) is 3.17. The smallest absolute Gasteiger partial charge is 0.0419 e. The molecule has 0 spiro atoms. The van der Waals surface area contributed by atoms with Crippen LogP contribution in [0.5, 0.6) is 0 Å². The SMILES string of the molecule is CNc1ccc2c(c1)N(CC(C)C)CCC2. The van der Waals surface area contributed by atoms with E-state index in [-0.39, 0.29) is 0 Å². The van der Waals surface area contributed by atoms with E-state index in [2.05, 4.69) is 42.3 Å². The van der Waals surface area contributed by atoms with Crippen molar-refractivity contribution in [1.82, 2.24) is 0 Å². The molecule has 2 rings (SSSR count). The fraction of sp³-hybridized carbons (Fsp3) is 0.571. The van der Waals surface area contributed by atoms with Gasteiger partial charge in [-0.05, 0) is 36.5 Å². The Morgan fingerprint density at radius 2 is 2.19 bits per heavy atom. The minimum absolute atomic E-state index is 0.726. The van der Waals surface area contributed by atoms with Gasteiger partial charge in [0.05, 0.1) is 0 Å². The van der Waals surface area contributed by atoms with Crippen molar-refractivity contribution < 1.29 is 0 Å². The first-order valence-electron chi connectivity index (χ1n) is 6.26. The van der Waals surface area contributed by atoms with E-state index in [1.54, 1.807) is 0 Å². The molecule has 0 radical (unpaired) electrons. The van der Waals surface area contributed by atoms with Crippen LogP contribution in [0.1, 0.15) is 25.8 Å². The maximum absolute atomic E-state index is 3.22. The molecule has 0 saturated heterocycles. The van der Waals surface area contributed by atoms with E-state index < -0.39 is 0 Å². The van der Waals surface area contributed by atoms with E-state index in [0.717, 1.165) is 5.92 Å². The summed E-state index contributed by atoms with van der Waals surface area (Å²) < 4.78 is 0. The van der Waals surface area contributed by atoms with Crippen LogP contribution < -0.4 is 10.2 Å². The molecule has 0 fully saturated rings. The minimum atomic E-state index is 0.726. The molecule has 1 heterocycles. The number of hydrogen-bond acceptors (Lipinski definition) is 2. The molecule has 1 aliphatic rings.